The van der Waals surface area contributed by atoms with E-state index in [9.17, 15) is 4.79 Å². The number of carbonyl (C=O) groups is 1. The fraction of sp³-hybridized carbons (Fsp3) is 0.900. The molecule has 0 aromatic heterocycles. The fourth-order valence-corrected chi connectivity index (χ4v) is 1.18. The molecule has 0 atom stereocenters. The highest BCUT2D eigenvalue weighted by molar-refractivity contribution is 5.77. The van der Waals surface area contributed by atoms with E-state index in [1.807, 2.05) is 13.8 Å². The lowest BCUT2D eigenvalue weighted by molar-refractivity contribution is -0.136. The molecule has 0 heterocycles. The summed E-state index contributed by atoms with van der Waals surface area (Å²) in [6.45, 7) is 6.81. The zero-order valence-corrected chi connectivity index (χ0v) is 9.29. The first kappa shape index (κ1) is 13.4. The first-order valence-corrected chi connectivity index (χ1v) is 5.31. The van der Waals surface area contributed by atoms with Gasteiger partial charge < -0.3 is 15.4 Å². The Morgan fingerprint density at radius 3 is 2.50 bits per heavy atom. The van der Waals surface area contributed by atoms with Crippen LogP contribution >= 0.6 is 0 Å². The molecule has 0 aliphatic carbocycles. The number of nitrogens with zero attached hydrogens (tertiary/aromatic N) is 1. The summed E-state index contributed by atoms with van der Waals surface area (Å²) < 4.78 is 5.19. The van der Waals surface area contributed by atoms with Crippen molar-refractivity contribution in [1.82, 2.24) is 4.90 Å². The molecule has 0 saturated heterocycles. The van der Waals surface area contributed by atoms with Gasteiger partial charge in [0.1, 0.15) is 6.61 Å². The van der Waals surface area contributed by atoms with Gasteiger partial charge in [-0.25, -0.2) is 0 Å². The Bertz CT molecular complexity index is 145. The predicted molar refractivity (Wildman–Crippen MR) is 57.0 cm³/mol. The number of hydrogen-bond acceptors (Lipinski definition) is 3. The van der Waals surface area contributed by atoms with Gasteiger partial charge in [-0.15, -0.1) is 0 Å². The molecule has 84 valence electrons. The van der Waals surface area contributed by atoms with Crippen molar-refractivity contribution >= 4 is 5.91 Å². The minimum absolute atomic E-state index is 0.0470. The van der Waals surface area contributed by atoms with Gasteiger partial charge in [-0.2, -0.15) is 0 Å². The predicted octanol–water partition coefficient (Wildman–Crippen LogP) is 0.610. The van der Waals surface area contributed by atoms with Crippen molar-refractivity contribution in [3.8, 4) is 0 Å². The average Bonchev–Trinajstić information content (AvgIpc) is 2.18. The van der Waals surface area contributed by atoms with Crippen LogP contribution in [0.1, 0.15) is 26.7 Å². The summed E-state index contributed by atoms with van der Waals surface area (Å²) in [7, 11) is 0. The van der Waals surface area contributed by atoms with Crippen molar-refractivity contribution in [2.75, 3.05) is 32.8 Å². The molecule has 0 aliphatic heterocycles. The maximum absolute atomic E-state index is 11.5. The van der Waals surface area contributed by atoms with E-state index in [4.69, 9.17) is 10.5 Å². The highest BCUT2D eigenvalue weighted by atomic mass is 16.5. The van der Waals surface area contributed by atoms with Crippen LogP contribution in [-0.4, -0.2) is 43.7 Å². The molecule has 2 N–H and O–H groups in total. The van der Waals surface area contributed by atoms with E-state index in [-0.39, 0.29) is 12.5 Å². The maximum Gasteiger partial charge on any atom is 0.248 e. The summed E-state index contributed by atoms with van der Waals surface area (Å²) in [5.41, 5.74) is 5.42. The van der Waals surface area contributed by atoms with Crippen LogP contribution in [0.25, 0.3) is 0 Å². The Kier molecular flexibility index (Phi) is 8.57. The molecule has 0 fully saturated rings. The SMILES string of the molecule is CCCOCC(=O)N(CCC)CCN. The van der Waals surface area contributed by atoms with Crippen LogP contribution in [0.5, 0.6) is 0 Å². The summed E-state index contributed by atoms with van der Waals surface area (Å²) in [4.78, 5) is 13.3. The quantitative estimate of drug-likeness (QED) is 0.587. The molecule has 0 unspecified atom stereocenters. The van der Waals surface area contributed by atoms with E-state index in [2.05, 4.69) is 0 Å². The molecule has 4 nitrogen and oxygen atoms in total. The highest BCUT2D eigenvalue weighted by Crippen LogP contribution is 1.93. The monoisotopic (exact) mass is 202 g/mol. The molecule has 0 radical (unpaired) electrons. The van der Waals surface area contributed by atoms with Crippen molar-refractivity contribution in [3.63, 3.8) is 0 Å². The Labute approximate surface area is 86.4 Å². The lowest BCUT2D eigenvalue weighted by Crippen LogP contribution is -2.38. The van der Waals surface area contributed by atoms with E-state index in [0.29, 0.717) is 19.7 Å². The maximum atomic E-state index is 11.5. The number of rotatable bonds is 8. The first-order valence-electron chi connectivity index (χ1n) is 5.31. The molecular formula is C10H22N2O2. The van der Waals surface area contributed by atoms with Crippen LogP contribution in [0.2, 0.25) is 0 Å². The number of ether oxygens (including phenoxy) is 1. The van der Waals surface area contributed by atoms with Crippen LogP contribution in [0.15, 0.2) is 0 Å². The first-order chi connectivity index (χ1) is 6.76. The molecule has 0 spiro atoms. The summed E-state index contributed by atoms with van der Waals surface area (Å²) >= 11 is 0. The summed E-state index contributed by atoms with van der Waals surface area (Å²) in [5, 5.41) is 0. The van der Waals surface area contributed by atoms with Crippen molar-refractivity contribution < 1.29 is 9.53 Å². The third-order valence-corrected chi connectivity index (χ3v) is 1.82. The molecule has 0 bridgehead atoms. The Hall–Kier alpha value is -0.610. The van der Waals surface area contributed by atoms with Crippen LogP contribution in [0.4, 0.5) is 0 Å². The summed E-state index contributed by atoms with van der Waals surface area (Å²) in [6.07, 6.45) is 1.90. The molecular weight excluding hydrogens is 180 g/mol. The van der Waals surface area contributed by atoms with Crippen LogP contribution in [-0.2, 0) is 9.53 Å². The van der Waals surface area contributed by atoms with Crippen LogP contribution in [0, 0.1) is 0 Å². The van der Waals surface area contributed by atoms with Gasteiger partial charge in [0.15, 0.2) is 0 Å². The minimum atomic E-state index is 0.0470. The molecule has 4 heteroatoms. The number of nitrogens with two attached hydrogens (primary N) is 1. The molecule has 0 aliphatic rings. The second kappa shape index (κ2) is 8.97. The largest absolute Gasteiger partial charge is 0.372 e. The Morgan fingerprint density at radius 2 is 2.00 bits per heavy atom. The lowest BCUT2D eigenvalue weighted by atomic mass is 10.4. The third-order valence-electron chi connectivity index (χ3n) is 1.82. The van der Waals surface area contributed by atoms with Gasteiger partial charge in [-0.3, -0.25) is 4.79 Å². The molecule has 0 saturated carbocycles. The Balaban J connectivity index is 3.76. The van der Waals surface area contributed by atoms with Gasteiger partial charge in [-0.05, 0) is 12.8 Å². The highest BCUT2D eigenvalue weighted by Gasteiger charge is 2.10. The van der Waals surface area contributed by atoms with Crippen LogP contribution < -0.4 is 5.73 Å². The second-order valence-corrected chi connectivity index (χ2v) is 3.22. The fourth-order valence-electron chi connectivity index (χ4n) is 1.18. The number of hydrogen-bond donors (Lipinski definition) is 1. The third kappa shape index (κ3) is 5.94. The van der Waals surface area contributed by atoms with Crippen LogP contribution in [0.3, 0.4) is 0 Å². The molecule has 0 aromatic carbocycles. The zero-order chi connectivity index (χ0) is 10.8. The van der Waals surface area contributed by atoms with Gasteiger partial charge in [0, 0.05) is 26.2 Å². The van der Waals surface area contributed by atoms with Gasteiger partial charge in [0.2, 0.25) is 5.91 Å². The lowest BCUT2D eigenvalue weighted by Gasteiger charge is -2.21. The number of amides is 1. The van der Waals surface area contributed by atoms with Crippen molar-refractivity contribution in [3.05, 3.63) is 0 Å². The van der Waals surface area contributed by atoms with Crippen molar-refractivity contribution in [1.29, 1.82) is 0 Å². The smallest absolute Gasteiger partial charge is 0.248 e. The number of carbonyl (C=O) groups excluding carboxylic acids is 1. The van der Waals surface area contributed by atoms with E-state index in [1.165, 1.54) is 0 Å². The standard InChI is InChI=1S/C10H22N2O2/c1-3-6-12(7-5-11)10(13)9-14-8-4-2/h3-9,11H2,1-2H3. The van der Waals surface area contributed by atoms with E-state index in [1.54, 1.807) is 4.90 Å². The second-order valence-electron chi connectivity index (χ2n) is 3.22. The normalized spacial score (nSPS) is 10.2. The summed E-state index contributed by atoms with van der Waals surface area (Å²) in [6, 6.07) is 0. The van der Waals surface area contributed by atoms with Gasteiger partial charge in [0.05, 0.1) is 0 Å². The summed E-state index contributed by atoms with van der Waals surface area (Å²) in [5.74, 6) is 0.0470. The Morgan fingerprint density at radius 1 is 1.29 bits per heavy atom. The molecule has 1 amide bonds. The minimum Gasteiger partial charge on any atom is -0.372 e. The molecule has 0 aromatic rings. The van der Waals surface area contributed by atoms with E-state index in [0.717, 1.165) is 19.4 Å². The zero-order valence-electron chi connectivity index (χ0n) is 9.29. The topological polar surface area (TPSA) is 55.6 Å². The van der Waals surface area contributed by atoms with Crippen molar-refractivity contribution in [2.45, 2.75) is 26.7 Å². The molecule has 14 heavy (non-hydrogen) atoms. The van der Waals surface area contributed by atoms with Crippen molar-refractivity contribution in [2.24, 2.45) is 5.73 Å². The van der Waals surface area contributed by atoms with E-state index >= 15 is 0 Å². The van der Waals surface area contributed by atoms with E-state index < -0.39 is 0 Å². The van der Waals surface area contributed by atoms with Gasteiger partial charge in [-0.1, -0.05) is 13.8 Å². The average molecular weight is 202 g/mol. The molecule has 0 rings (SSSR count). The van der Waals surface area contributed by atoms with Gasteiger partial charge >= 0.3 is 0 Å². The van der Waals surface area contributed by atoms with Gasteiger partial charge in [0.25, 0.3) is 0 Å².